The normalized spacial score (nSPS) is 16.1. The fraction of sp³-hybridized carbons (Fsp3) is 0.350. The summed E-state index contributed by atoms with van der Waals surface area (Å²) >= 11 is 0. The van der Waals surface area contributed by atoms with E-state index >= 15 is 0 Å². The first kappa shape index (κ1) is 16.7. The van der Waals surface area contributed by atoms with Gasteiger partial charge < -0.3 is 10.2 Å². The van der Waals surface area contributed by atoms with Crippen LogP contribution in [-0.4, -0.2) is 51.8 Å². The van der Waals surface area contributed by atoms with E-state index in [1.807, 2.05) is 43.6 Å². The van der Waals surface area contributed by atoms with Crippen LogP contribution in [0.4, 0.5) is 0 Å². The van der Waals surface area contributed by atoms with E-state index in [2.05, 4.69) is 22.4 Å². The number of pyridine rings is 1. The number of aryl methyl sites for hydroxylation is 1. The van der Waals surface area contributed by atoms with Gasteiger partial charge in [-0.05, 0) is 45.1 Å². The van der Waals surface area contributed by atoms with Gasteiger partial charge in [-0.3, -0.25) is 9.48 Å². The van der Waals surface area contributed by atoms with Gasteiger partial charge in [0, 0.05) is 30.2 Å². The van der Waals surface area contributed by atoms with Crippen molar-refractivity contribution in [3.8, 4) is 11.3 Å². The molecule has 4 rings (SSSR count). The van der Waals surface area contributed by atoms with Crippen molar-refractivity contribution in [1.29, 1.82) is 0 Å². The molecular formula is C20H23N5O. The van der Waals surface area contributed by atoms with Gasteiger partial charge in [0.15, 0.2) is 0 Å². The first-order chi connectivity index (χ1) is 12.6. The van der Waals surface area contributed by atoms with Gasteiger partial charge in [-0.1, -0.05) is 18.2 Å². The third-order valence-electron chi connectivity index (χ3n) is 5.02. The summed E-state index contributed by atoms with van der Waals surface area (Å²) in [6.45, 7) is 2.03. The van der Waals surface area contributed by atoms with E-state index in [1.165, 1.54) is 0 Å². The molecule has 0 bridgehead atoms. The Hall–Kier alpha value is -2.73. The van der Waals surface area contributed by atoms with Gasteiger partial charge in [-0.25, -0.2) is 4.98 Å². The second-order valence-electron chi connectivity index (χ2n) is 7.03. The summed E-state index contributed by atoms with van der Waals surface area (Å²) in [7, 11) is 3.99. The van der Waals surface area contributed by atoms with Gasteiger partial charge in [0.1, 0.15) is 0 Å². The highest BCUT2D eigenvalue weighted by molar-refractivity contribution is 6.07. The largest absolute Gasteiger partial charge is 0.349 e. The van der Waals surface area contributed by atoms with Crippen LogP contribution in [0.3, 0.4) is 0 Å². The molecule has 0 unspecified atom stereocenters. The van der Waals surface area contributed by atoms with Crippen LogP contribution in [0.25, 0.3) is 22.2 Å². The predicted molar refractivity (Wildman–Crippen MR) is 102 cm³/mol. The molecule has 0 aliphatic carbocycles. The first-order valence-electron chi connectivity index (χ1n) is 8.98. The Balaban J connectivity index is 1.69. The quantitative estimate of drug-likeness (QED) is 0.789. The number of carbonyl (C=O) groups is 1. The standard InChI is InChI=1S/C20H23N5O/c1-24-9-7-15(8-10-24)22-20(26)17-11-19(14-12-21-25(2)13-14)23-18-6-4-3-5-16(17)18/h3-6,11-13,15H,7-10H2,1-2H3,(H,22,26). The minimum Gasteiger partial charge on any atom is -0.349 e. The Bertz CT molecular complexity index is 940. The number of hydrogen-bond acceptors (Lipinski definition) is 4. The topological polar surface area (TPSA) is 63.1 Å². The van der Waals surface area contributed by atoms with E-state index < -0.39 is 0 Å². The zero-order valence-corrected chi connectivity index (χ0v) is 15.1. The lowest BCUT2D eigenvalue weighted by atomic mass is 10.0. The van der Waals surface area contributed by atoms with Crippen molar-refractivity contribution in [2.45, 2.75) is 18.9 Å². The molecule has 6 heteroatoms. The highest BCUT2D eigenvalue weighted by Gasteiger charge is 2.21. The molecule has 3 aromatic rings. The molecule has 1 amide bonds. The van der Waals surface area contributed by atoms with Crippen molar-refractivity contribution in [3.63, 3.8) is 0 Å². The number of carbonyl (C=O) groups excluding carboxylic acids is 1. The summed E-state index contributed by atoms with van der Waals surface area (Å²) in [4.78, 5) is 20.0. The Morgan fingerprint density at radius 1 is 1.19 bits per heavy atom. The van der Waals surface area contributed by atoms with Crippen LogP contribution in [0, 0.1) is 0 Å². The molecule has 1 saturated heterocycles. The molecule has 2 aromatic heterocycles. The monoisotopic (exact) mass is 349 g/mol. The average Bonchev–Trinajstić information content (AvgIpc) is 3.09. The van der Waals surface area contributed by atoms with Crippen molar-refractivity contribution in [2.24, 2.45) is 7.05 Å². The molecule has 1 aromatic carbocycles. The Morgan fingerprint density at radius 2 is 1.96 bits per heavy atom. The predicted octanol–water partition coefficient (Wildman–Crippen LogP) is 2.46. The van der Waals surface area contributed by atoms with Gasteiger partial charge in [-0.15, -0.1) is 0 Å². The van der Waals surface area contributed by atoms with E-state index in [0.717, 1.165) is 48.1 Å². The van der Waals surface area contributed by atoms with Gasteiger partial charge in [0.2, 0.25) is 0 Å². The van der Waals surface area contributed by atoms with Crippen LogP contribution in [0.15, 0.2) is 42.7 Å². The number of piperidine rings is 1. The second-order valence-corrected chi connectivity index (χ2v) is 7.03. The number of nitrogens with zero attached hydrogens (tertiary/aromatic N) is 4. The highest BCUT2D eigenvalue weighted by atomic mass is 16.1. The van der Waals surface area contributed by atoms with Crippen LogP contribution in [-0.2, 0) is 7.05 Å². The molecule has 0 spiro atoms. The maximum Gasteiger partial charge on any atom is 0.252 e. The number of aromatic nitrogens is 3. The third kappa shape index (κ3) is 3.32. The Labute approximate surface area is 152 Å². The van der Waals surface area contributed by atoms with E-state index in [0.29, 0.717) is 5.56 Å². The van der Waals surface area contributed by atoms with Crippen LogP contribution in [0.5, 0.6) is 0 Å². The summed E-state index contributed by atoms with van der Waals surface area (Å²) in [6.07, 6.45) is 5.66. The fourth-order valence-electron chi connectivity index (χ4n) is 3.48. The Kier molecular flexibility index (Phi) is 4.42. The molecule has 1 aliphatic rings. The summed E-state index contributed by atoms with van der Waals surface area (Å²) in [5.41, 5.74) is 3.17. The van der Waals surface area contributed by atoms with Crippen molar-refractivity contribution in [2.75, 3.05) is 20.1 Å². The lowest BCUT2D eigenvalue weighted by Gasteiger charge is -2.29. The van der Waals surface area contributed by atoms with Crippen LogP contribution < -0.4 is 5.32 Å². The lowest BCUT2D eigenvalue weighted by molar-refractivity contribution is 0.0918. The molecule has 0 radical (unpaired) electrons. The maximum atomic E-state index is 13.0. The average molecular weight is 349 g/mol. The summed E-state index contributed by atoms with van der Waals surface area (Å²) in [5, 5.41) is 8.32. The van der Waals surface area contributed by atoms with Gasteiger partial charge in [0.25, 0.3) is 5.91 Å². The number of rotatable bonds is 3. The van der Waals surface area contributed by atoms with Crippen molar-refractivity contribution in [3.05, 3.63) is 48.3 Å². The van der Waals surface area contributed by atoms with Gasteiger partial charge in [0.05, 0.1) is 23.0 Å². The summed E-state index contributed by atoms with van der Waals surface area (Å²) in [5.74, 6) is -0.0247. The zero-order chi connectivity index (χ0) is 18.1. The smallest absolute Gasteiger partial charge is 0.252 e. The number of likely N-dealkylation sites (tertiary alicyclic amines) is 1. The van der Waals surface area contributed by atoms with E-state index in [1.54, 1.807) is 10.9 Å². The molecule has 0 saturated carbocycles. The number of para-hydroxylation sites is 1. The fourth-order valence-corrected chi connectivity index (χ4v) is 3.48. The van der Waals surface area contributed by atoms with Gasteiger partial charge in [-0.2, -0.15) is 5.10 Å². The number of benzene rings is 1. The molecule has 134 valence electrons. The third-order valence-corrected chi connectivity index (χ3v) is 5.02. The maximum absolute atomic E-state index is 13.0. The highest BCUT2D eigenvalue weighted by Crippen LogP contribution is 2.25. The first-order valence-corrected chi connectivity index (χ1v) is 8.98. The van der Waals surface area contributed by atoms with E-state index in [4.69, 9.17) is 4.98 Å². The molecule has 1 fully saturated rings. The number of amides is 1. The minimum atomic E-state index is -0.0247. The SMILES string of the molecule is CN1CCC(NC(=O)c2cc(-c3cnn(C)c3)nc3ccccc23)CC1. The molecule has 26 heavy (non-hydrogen) atoms. The molecular weight excluding hydrogens is 326 g/mol. The zero-order valence-electron chi connectivity index (χ0n) is 15.1. The van der Waals surface area contributed by atoms with Gasteiger partial charge >= 0.3 is 0 Å². The summed E-state index contributed by atoms with van der Waals surface area (Å²) < 4.78 is 1.74. The van der Waals surface area contributed by atoms with Crippen LogP contribution >= 0.6 is 0 Å². The van der Waals surface area contributed by atoms with E-state index in [-0.39, 0.29) is 11.9 Å². The van der Waals surface area contributed by atoms with Crippen molar-refractivity contribution < 1.29 is 4.79 Å². The number of nitrogens with one attached hydrogen (secondary N) is 1. The van der Waals surface area contributed by atoms with Crippen LogP contribution in [0.2, 0.25) is 0 Å². The van der Waals surface area contributed by atoms with Crippen molar-refractivity contribution in [1.82, 2.24) is 25.0 Å². The number of hydrogen-bond donors (Lipinski definition) is 1. The molecule has 3 heterocycles. The second kappa shape index (κ2) is 6.88. The molecule has 6 nitrogen and oxygen atoms in total. The number of fused-ring (bicyclic) bond motifs is 1. The van der Waals surface area contributed by atoms with Crippen LogP contribution in [0.1, 0.15) is 23.2 Å². The summed E-state index contributed by atoms with van der Waals surface area (Å²) in [6, 6.07) is 9.90. The van der Waals surface area contributed by atoms with Crippen molar-refractivity contribution >= 4 is 16.8 Å². The Morgan fingerprint density at radius 3 is 2.69 bits per heavy atom. The lowest BCUT2D eigenvalue weighted by Crippen LogP contribution is -2.43. The molecule has 1 N–H and O–H groups in total. The minimum absolute atomic E-state index is 0.0247. The molecule has 1 aliphatic heterocycles. The van der Waals surface area contributed by atoms with E-state index in [9.17, 15) is 4.79 Å². The molecule has 0 atom stereocenters.